The predicted octanol–water partition coefficient (Wildman–Crippen LogP) is 2.94. The Labute approximate surface area is 125 Å². The number of carbonyl (C=O) groups excluding carboxylic acids is 1. The number of aliphatic carboxylic acids is 1. The van der Waals surface area contributed by atoms with E-state index in [1.54, 1.807) is 0 Å². The van der Waals surface area contributed by atoms with Crippen LogP contribution in [0.3, 0.4) is 0 Å². The third kappa shape index (κ3) is 4.88. The number of hydrogen-bond acceptors (Lipinski definition) is 2. The minimum atomic E-state index is -0.756. The number of amides is 1. The summed E-state index contributed by atoms with van der Waals surface area (Å²) in [5.41, 5.74) is 3.43. The van der Waals surface area contributed by atoms with Gasteiger partial charge in [0.25, 0.3) is 5.91 Å². The molecule has 4 heteroatoms. The van der Waals surface area contributed by atoms with Crippen molar-refractivity contribution in [2.45, 2.75) is 51.4 Å². The van der Waals surface area contributed by atoms with E-state index in [4.69, 9.17) is 5.11 Å². The van der Waals surface area contributed by atoms with Gasteiger partial charge in [0.05, 0.1) is 0 Å². The van der Waals surface area contributed by atoms with E-state index in [2.05, 4.69) is 11.4 Å². The monoisotopic (exact) mass is 289 g/mol. The molecular weight excluding hydrogens is 266 g/mol. The lowest BCUT2D eigenvalue weighted by Gasteiger charge is -2.16. The summed E-state index contributed by atoms with van der Waals surface area (Å²) in [4.78, 5) is 22.4. The van der Waals surface area contributed by atoms with Gasteiger partial charge in [-0.2, -0.15) is 0 Å². The molecule has 21 heavy (non-hydrogen) atoms. The Morgan fingerprint density at radius 2 is 1.81 bits per heavy atom. The molecule has 0 bridgehead atoms. The van der Waals surface area contributed by atoms with Crippen LogP contribution in [-0.2, 0) is 17.6 Å². The van der Waals surface area contributed by atoms with Gasteiger partial charge in [0, 0.05) is 18.5 Å². The topological polar surface area (TPSA) is 66.4 Å². The van der Waals surface area contributed by atoms with E-state index in [1.165, 1.54) is 24.0 Å². The Morgan fingerprint density at radius 3 is 2.57 bits per heavy atom. The Hall–Kier alpha value is -1.84. The highest BCUT2D eigenvalue weighted by Crippen LogP contribution is 2.22. The van der Waals surface area contributed by atoms with Crippen molar-refractivity contribution >= 4 is 11.9 Å². The zero-order chi connectivity index (χ0) is 15.1. The summed E-state index contributed by atoms with van der Waals surface area (Å²) >= 11 is 0. The fourth-order valence-corrected chi connectivity index (χ4v) is 2.76. The Balaban J connectivity index is 1.74. The van der Waals surface area contributed by atoms with Crippen LogP contribution in [0, 0.1) is 0 Å². The minimum absolute atomic E-state index is 0.0263. The molecule has 1 aliphatic carbocycles. The third-order valence-electron chi connectivity index (χ3n) is 3.96. The highest BCUT2D eigenvalue weighted by molar-refractivity contribution is 5.94. The maximum absolute atomic E-state index is 12.1. The van der Waals surface area contributed by atoms with Crippen LogP contribution >= 0.6 is 0 Å². The molecule has 1 aromatic rings. The summed E-state index contributed by atoms with van der Waals surface area (Å²) < 4.78 is 0. The van der Waals surface area contributed by atoms with Crippen LogP contribution in [0.2, 0.25) is 0 Å². The van der Waals surface area contributed by atoms with Gasteiger partial charge in [0.15, 0.2) is 0 Å². The number of unbranched alkanes of at least 4 members (excludes halogenated alkanes) is 2. The lowest BCUT2D eigenvalue weighted by atomic mass is 9.90. The van der Waals surface area contributed by atoms with Gasteiger partial charge in [-0.05, 0) is 61.8 Å². The van der Waals surface area contributed by atoms with Gasteiger partial charge < -0.3 is 10.4 Å². The second kappa shape index (κ2) is 7.81. The van der Waals surface area contributed by atoms with Gasteiger partial charge in [-0.15, -0.1) is 0 Å². The van der Waals surface area contributed by atoms with Crippen LogP contribution in [0.25, 0.3) is 0 Å². The van der Waals surface area contributed by atoms with Gasteiger partial charge in [0.2, 0.25) is 0 Å². The summed E-state index contributed by atoms with van der Waals surface area (Å²) in [5.74, 6) is -0.783. The smallest absolute Gasteiger partial charge is 0.303 e. The summed E-state index contributed by atoms with van der Waals surface area (Å²) in [7, 11) is 0. The number of aryl methyl sites for hydroxylation is 2. The lowest BCUT2D eigenvalue weighted by molar-refractivity contribution is -0.137. The zero-order valence-corrected chi connectivity index (χ0v) is 12.4. The summed E-state index contributed by atoms with van der Waals surface area (Å²) in [6.07, 6.45) is 7.19. The Kier molecular flexibility index (Phi) is 5.78. The normalized spacial score (nSPS) is 13.5. The van der Waals surface area contributed by atoms with Crippen LogP contribution in [0.1, 0.15) is 60.0 Å². The number of rotatable bonds is 7. The molecule has 0 saturated heterocycles. The van der Waals surface area contributed by atoms with E-state index < -0.39 is 5.97 Å². The van der Waals surface area contributed by atoms with Crippen molar-refractivity contribution in [3.8, 4) is 0 Å². The highest BCUT2D eigenvalue weighted by atomic mass is 16.4. The van der Waals surface area contributed by atoms with Gasteiger partial charge in [-0.25, -0.2) is 0 Å². The van der Waals surface area contributed by atoms with Crippen molar-refractivity contribution in [3.05, 3.63) is 34.9 Å². The van der Waals surface area contributed by atoms with E-state index in [-0.39, 0.29) is 12.3 Å². The molecular formula is C17H23NO3. The number of fused-ring (bicyclic) bond motifs is 1. The first-order valence-electron chi connectivity index (χ1n) is 7.78. The molecule has 2 N–H and O–H groups in total. The third-order valence-corrected chi connectivity index (χ3v) is 3.96. The first kappa shape index (κ1) is 15.5. The van der Waals surface area contributed by atoms with Crippen molar-refractivity contribution in [1.82, 2.24) is 5.32 Å². The van der Waals surface area contributed by atoms with Crippen LogP contribution in [0.15, 0.2) is 18.2 Å². The van der Waals surface area contributed by atoms with Gasteiger partial charge in [-0.3, -0.25) is 9.59 Å². The number of carbonyl (C=O) groups is 2. The Morgan fingerprint density at radius 1 is 1.05 bits per heavy atom. The molecule has 0 fully saturated rings. The van der Waals surface area contributed by atoms with E-state index in [1.807, 2.05) is 12.1 Å². The molecule has 4 nitrogen and oxygen atoms in total. The summed E-state index contributed by atoms with van der Waals surface area (Å²) in [5, 5.41) is 11.4. The SMILES string of the molecule is O=C(O)CCCCCNC(=O)c1ccc2c(c1)CCCC2. The maximum Gasteiger partial charge on any atom is 0.303 e. The minimum Gasteiger partial charge on any atom is -0.481 e. The molecule has 0 unspecified atom stereocenters. The zero-order valence-electron chi connectivity index (χ0n) is 12.4. The summed E-state index contributed by atoms with van der Waals surface area (Å²) in [6, 6.07) is 6.01. The number of carboxylic acid groups (broad SMARTS) is 1. The molecule has 0 heterocycles. The van der Waals surface area contributed by atoms with E-state index in [9.17, 15) is 9.59 Å². The van der Waals surface area contributed by atoms with Gasteiger partial charge in [0.1, 0.15) is 0 Å². The van der Waals surface area contributed by atoms with Crippen LogP contribution in [0.4, 0.5) is 0 Å². The van der Waals surface area contributed by atoms with Crippen molar-refractivity contribution in [2.75, 3.05) is 6.54 Å². The number of hydrogen-bond donors (Lipinski definition) is 2. The van der Waals surface area contributed by atoms with Crippen molar-refractivity contribution < 1.29 is 14.7 Å². The first-order chi connectivity index (χ1) is 10.2. The standard InChI is InChI=1S/C17H23NO3/c19-16(20)8-2-1-5-11-18-17(21)15-10-9-13-6-3-4-7-14(13)12-15/h9-10,12H,1-8,11H2,(H,18,21)(H,19,20). The molecule has 0 atom stereocenters. The quantitative estimate of drug-likeness (QED) is 0.758. The van der Waals surface area contributed by atoms with Crippen molar-refractivity contribution in [3.63, 3.8) is 0 Å². The number of nitrogens with one attached hydrogen (secondary N) is 1. The molecule has 0 aromatic heterocycles. The average Bonchev–Trinajstić information content (AvgIpc) is 2.49. The molecule has 2 rings (SSSR count). The van der Waals surface area contributed by atoms with Gasteiger partial charge in [-0.1, -0.05) is 12.5 Å². The fourth-order valence-electron chi connectivity index (χ4n) is 2.76. The molecule has 0 radical (unpaired) electrons. The van der Waals surface area contributed by atoms with E-state index in [0.717, 1.165) is 31.2 Å². The predicted molar refractivity (Wildman–Crippen MR) is 81.5 cm³/mol. The largest absolute Gasteiger partial charge is 0.481 e. The second-order valence-corrected chi connectivity index (χ2v) is 5.65. The van der Waals surface area contributed by atoms with Crippen LogP contribution in [0.5, 0.6) is 0 Å². The van der Waals surface area contributed by atoms with Crippen LogP contribution < -0.4 is 5.32 Å². The number of carboxylic acids is 1. The van der Waals surface area contributed by atoms with E-state index >= 15 is 0 Å². The van der Waals surface area contributed by atoms with Crippen molar-refractivity contribution in [2.24, 2.45) is 0 Å². The molecule has 1 aliphatic rings. The second-order valence-electron chi connectivity index (χ2n) is 5.65. The maximum atomic E-state index is 12.1. The van der Waals surface area contributed by atoms with Crippen molar-refractivity contribution in [1.29, 1.82) is 0 Å². The molecule has 0 spiro atoms. The fraction of sp³-hybridized carbons (Fsp3) is 0.529. The first-order valence-corrected chi connectivity index (χ1v) is 7.78. The molecule has 1 aromatic carbocycles. The lowest BCUT2D eigenvalue weighted by Crippen LogP contribution is -2.24. The molecule has 1 amide bonds. The highest BCUT2D eigenvalue weighted by Gasteiger charge is 2.12. The molecule has 0 saturated carbocycles. The average molecular weight is 289 g/mol. The van der Waals surface area contributed by atoms with Gasteiger partial charge >= 0.3 is 5.97 Å². The van der Waals surface area contributed by atoms with Crippen LogP contribution in [-0.4, -0.2) is 23.5 Å². The Bertz CT molecular complexity index is 511. The van der Waals surface area contributed by atoms with E-state index in [0.29, 0.717) is 13.0 Å². The molecule has 114 valence electrons. The molecule has 0 aliphatic heterocycles. The number of benzene rings is 1. The summed E-state index contributed by atoms with van der Waals surface area (Å²) in [6.45, 7) is 0.607.